The van der Waals surface area contributed by atoms with Crippen LogP contribution in [0.3, 0.4) is 0 Å². The summed E-state index contributed by atoms with van der Waals surface area (Å²) in [5.74, 6) is -0.223. The van der Waals surface area contributed by atoms with Crippen molar-refractivity contribution in [1.82, 2.24) is 9.71 Å². The Kier molecular flexibility index (Phi) is 5.22. The number of halogens is 3. The van der Waals surface area contributed by atoms with Crippen molar-refractivity contribution in [1.29, 1.82) is 0 Å². The maximum absolute atomic E-state index is 12.5. The van der Waals surface area contributed by atoms with Crippen molar-refractivity contribution in [3.8, 4) is 5.88 Å². The Morgan fingerprint density at radius 2 is 1.74 bits per heavy atom. The van der Waals surface area contributed by atoms with Gasteiger partial charge in [-0.3, -0.25) is 0 Å². The highest BCUT2D eigenvalue weighted by Gasteiger charge is 2.32. The molecule has 0 spiro atoms. The van der Waals surface area contributed by atoms with Crippen molar-refractivity contribution in [3.63, 3.8) is 0 Å². The quantitative estimate of drug-likeness (QED) is 0.816. The number of alkyl halides is 3. The standard InChI is InChI=1S/C14H13F3N2O3S/c15-14(16,17)12-7-4-8-13(19-12)22-10-9-18-23(20,21)11-5-2-1-3-6-11/h1-8,18H,9-10H2. The van der Waals surface area contributed by atoms with E-state index in [0.29, 0.717) is 0 Å². The highest BCUT2D eigenvalue weighted by molar-refractivity contribution is 7.89. The first kappa shape index (κ1) is 17.2. The van der Waals surface area contributed by atoms with Crippen molar-refractivity contribution < 1.29 is 26.3 Å². The first-order valence-electron chi connectivity index (χ1n) is 6.51. The Bertz CT molecular complexity index is 749. The molecule has 124 valence electrons. The Balaban J connectivity index is 1.89. The number of rotatable bonds is 6. The molecule has 1 aromatic heterocycles. The molecule has 0 aliphatic heterocycles. The van der Waals surface area contributed by atoms with Crippen molar-refractivity contribution in [3.05, 3.63) is 54.2 Å². The van der Waals surface area contributed by atoms with Crippen LogP contribution in [-0.2, 0) is 16.2 Å². The van der Waals surface area contributed by atoms with Crippen LogP contribution in [0.2, 0.25) is 0 Å². The summed E-state index contributed by atoms with van der Waals surface area (Å²) >= 11 is 0. The van der Waals surface area contributed by atoms with Crippen LogP contribution in [0.4, 0.5) is 13.2 Å². The van der Waals surface area contributed by atoms with E-state index in [2.05, 4.69) is 9.71 Å². The Morgan fingerprint density at radius 3 is 2.39 bits per heavy atom. The third-order valence-electron chi connectivity index (χ3n) is 2.71. The van der Waals surface area contributed by atoms with E-state index < -0.39 is 21.9 Å². The summed E-state index contributed by atoms with van der Waals surface area (Å²) in [5, 5.41) is 0. The SMILES string of the molecule is O=S(=O)(NCCOc1cccc(C(F)(F)F)n1)c1ccccc1. The lowest BCUT2D eigenvalue weighted by atomic mass is 10.3. The van der Waals surface area contributed by atoms with Gasteiger partial charge in [-0.2, -0.15) is 13.2 Å². The number of sulfonamides is 1. The van der Waals surface area contributed by atoms with Crippen LogP contribution in [-0.4, -0.2) is 26.6 Å². The summed E-state index contributed by atoms with van der Waals surface area (Å²) in [4.78, 5) is 3.41. The maximum atomic E-state index is 12.5. The van der Waals surface area contributed by atoms with Gasteiger partial charge in [0.1, 0.15) is 12.3 Å². The van der Waals surface area contributed by atoms with E-state index in [0.717, 1.165) is 6.07 Å². The van der Waals surface area contributed by atoms with Gasteiger partial charge < -0.3 is 4.74 Å². The molecule has 0 atom stereocenters. The van der Waals surface area contributed by atoms with Gasteiger partial charge in [-0.05, 0) is 18.2 Å². The van der Waals surface area contributed by atoms with Crippen LogP contribution in [0, 0.1) is 0 Å². The zero-order valence-corrected chi connectivity index (χ0v) is 12.6. The predicted molar refractivity (Wildman–Crippen MR) is 76.4 cm³/mol. The fourth-order valence-electron chi connectivity index (χ4n) is 1.67. The predicted octanol–water partition coefficient (Wildman–Crippen LogP) is 2.46. The molecule has 0 unspecified atom stereocenters. The van der Waals surface area contributed by atoms with Crippen LogP contribution in [0.5, 0.6) is 5.88 Å². The van der Waals surface area contributed by atoms with E-state index in [1.807, 2.05) is 0 Å². The Hall–Kier alpha value is -2.13. The lowest BCUT2D eigenvalue weighted by molar-refractivity contribution is -0.141. The number of benzene rings is 1. The van der Waals surface area contributed by atoms with Gasteiger partial charge in [-0.15, -0.1) is 0 Å². The molecule has 1 heterocycles. The van der Waals surface area contributed by atoms with Gasteiger partial charge in [-0.1, -0.05) is 24.3 Å². The first-order valence-corrected chi connectivity index (χ1v) is 7.99. The smallest absolute Gasteiger partial charge is 0.433 e. The number of hydrogen-bond acceptors (Lipinski definition) is 4. The highest BCUT2D eigenvalue weighted by Crippen LogP contribution is 2.28. The van der Waals surface area contributed by atoms with Crippen LogP contribution in [0.25, 0.3) is 0 Å². The Labute approximate surface area is 131 Å². The number of ether oxygens (including phenoxy) is 1. The summed E-state index contributed by atoms with van der Waals surface area (Å²) in [6.45, 7) is -0.254. The second-order valence-electron chi connectivity index (χ2n) is 4.42. The van der Waals surface area contributed by atoms with Crippen LogP contribution >= 0.6 is 0 Å². The molecular weight excluding hydrogens is 333 g/mol. The third-order valence-corrected chi connectivity index (χ3v) is 4.19. The molecule has 23 heavy (non-hydrogen) atoms. The third kappa shape index (κ3) is 4.93. The average Bonchev–Trinajstić information content (AvgIpc) is 2.52. The first-order chi connectivity index (χ1) is 10.8. The molecule has 0 radical (unpaired) electrons. The second kappa shape index (κ2) is 6.97. The molecule has 9 heteroatoms. The fraction of sp³-hybridized carbons (Fsp3) is 0.214. The largest absolute Gasteiger partial charge is 0.476 e. The average molecular weight is 346 g/mol. The van der Waals surface area contributed by atoms with Crippen molar-refractivity contribution in [2.45, 2.75) is 11.1 Å². The molecule has 0 amide bonds. The maximum Gasteiger partial charge on any atom is 0.433 e. The monoisotopic (exact) mass is 346 g/mol. The lowest BCUT2D eigenvalue weighted by Crippen LogP contribution is -2.28. The molecule has 0 aliphatic rings. The van der Waals surface area contributed by atoms with Crippen molar-refractivity contribution >= 4 is 10.0 Å². The zero-order valence-electron chi connectivity index (χ0n) is 11.7. The topological polar surface area (TPSA) is 68.3 Å². The summed E-state index contributed by atoms with van der Waals surface area (Å²) in [5.41, 5.74) is -1.07. The van der Waals surface area contributed by atoms with Crippen LogP contribution < -0.4 is 9.46 Å². The summed E-state index contributed by atoms with van der Waals surface area (Å²) in [6, 6.07) is 11.0. The molecule has 2 rings (SSSR count). The van der Waals surface area contributed by atoms with Gasteiger partial charge in [-0.25, -0.2) is 18.1 Å². The number of hydrogen-bond donors (Lipinski definition) is 1. The molecular formula is C14H13F3N2O3S. The van der Waals surface area contributed by atoms with E-state index >= 15 is 0 Å². The van der Waals surface area contributed by atoms with E-state index in [1.54, 1.807) is 18.2 Å². The summed E-state index contributed by atoms with van der Waals surface area (Å²) in [7, 11) is -3.68. The second-order valence-corrected chi connectivity index (χ2v) is 6.19. The Morgan fingerprint density at radius 1 is 1.04 bits per heavy atom. The summed E-state index contributed by atoms with van der Waals surface area (Å²) < 4.78 is 68.6. The highest BCUT2D eigenvalue weighted by atomic mass is 32.2. The minimum Gasteiger partial charge on any atom is -0.476 e. The van der Waals surface area contributed by atoms with Gasteiger partial charge in [0.2, 0.25) is 15.9 Å². The number of nitrogens with one attached hydrogen (secondary N) is 1. The van der Waals surface area contributed by atoms with Crippen LogP contribution in [0.15, 0.2) is 53.4 Å². The number of pyridine rings is 1. The van der Waals surface area contributed by atoms with E-state index in [9.17, 15) is 21.6 Å². The van der Waals surface area contributed by atoms with Gasteiger partial charge in [0.05, 0.1) is 4.90 Å². The van der Waals surface area contributed by atoms with Crippen molar-refractivity contribution in [2.75, 3.05) is 13.2 Å². The molecule has 1 aromatic carbocycles. The van der Waals surface area contributed by atoms with Gasteiger partial charge in [0, 0.05) is 12.6 Å². The van der Waals surface area contributed by atoms with E-state index in [-0.39, 0.29) is 23.9 Å². The number of nitrogens with zero attached hydrogens (tertiary/aromatic N) is 1. The molecule has 2 aromatic rings. The minimum atomic E-state index is -4.56. The summed E-state index contributed by atoms with van der Waals surface area (Å²) in [6.07, 6.45) is -4.56. The normalized spacial score (nSPS) is 12.1. The molecule has 0 saturated carbocycles. The molecule has 5 nitrogen and oxygen atoms in total. The van der Waals surface area contributed by atoms with E-state index in [1.165, 1.54) is 24.3 Å². The molecule has 0 saturated heterocycles. The molecule has 0 fully saturated rings. The molecule has 0 bridgehead atoms. The molecule has 0 aliphatic carbocycles. The number of aromatic nitrogens is 1. The van der Waals surface area contributed by atoms with Gasteiger partial charge in [0.15, 0.2) is 0 Å². The van der Waals surface area contributed by atoms with Gasteiger partial charge >= 0.3 is 6.18 Å². The van der Waals surface area contributed by atoms with Crippen molar-refractivity contribution in [2.24, 2.45) is 0 Å². The molecule has 1 N–H and O–H groups in total. The lowest BCUT2D eigenvalue weighted by Gasteiger charge is -2.10. The zero-order chi connectivity index (χ0) is 16.9. The van der Waals surface area contributed by atoms with Crippen LogP contribution in [0.1, 0.15) is 5.69 Å². The van der Waals surface area contributed by atoms with Gasteiger partial charge in [0.25, 0.3) is 0 Å². The minimum absolute atomic E-state index is 0.0946. The van der Waals surface area contributed by atoms with E-state index in [4.69, 9.17) is 4.74 Å². The fourth-order valence-corrected chi connectivity index (χ4v) is 2.70.